The number of hydrogen-bond acceptors (Lipinski definition) is 2. The molecule has 0 fully saturated rings. The largest absolute Gasteiger partial charge is 0.487 e. The molecule has 0 unspecified atom stereocenters. The summed E-state index contributed by atoms with van der Waals surface area (Å²) in [5.41, 5.74) is 2.14. The van der Waals surface area contributed by atoms with Crippen molar-refractivity contribution >= 4 is 33.5 Å². The molecule has 0 aliphatic heterocycles. The minimum absolute atomic E-state index is 0.231. The van der Waals surface area contributed by atoms with E-state index in [1.165, 1.54) is 0 Å². The zero-order chi connectivity index (χ0) is 14.7. The van der Waals surface area contributed by atoms with E-state index in [0.717, 1.165) is 11.1 Å². The predicted molar refractivity (Wildman–Crippen MR) is 81.6 cm³/mol. The highest BCUT2D eigenvalue weighted by Gasteiger charge is 2.08. The van der Waals surface area contributed by atoms with Crippen LogP contribution in [0.4, 0.5) is 0 Å². The van der Waals surface area contributed by atoms with Gasteiger partial charge in [-0.25, -0.2) is 4.79 Å². The third-order valence-electron chi connectivity index (χ3n) is 2.77. The van der Waals surface area contributed by atoms with E-state index in [0.29, 0.717) is 21.9 Å². The van der Waals surface area contributed by atoms with Crippen molar-refractivity contribution < 1.29 is 14.6 Å². The van der Waals surface area contributed by atoms with E-state index >= 15 is 0 Å². The van der Waals surface area contributed by atoms with E-state index in [1.807, 2.05) is 19.1 Å². The Morgan fingerprint density at radius 3 is 2.70 bits per heavy atom. The Morgan fingerprint density at radius 1 is 1.30 bits per heavy atom. The summed E-state index contributed by atoms with van der Waals surface area (Å²) >= 11 is 9.40. The van der Waals surface area contributed by atoms with Crippen LogP contribution < -0.4 is 4.74 Å². The van der Waals surface area contributed by atoms with Gasteiger partial charge in [0.15, 0.2) is 0 Å². The highest BCUT2D eigenvalue weighted by atomic mass is 79.9. The van der Waals surface area contributed by atoms with Gasteiger partial charge in [0, 0.05) is 10.0 Å². The number of carboxylic acid groups (broad SMARTS) is 1. The van der Waals surface area contributed by atoms with Crippen LogP contribution in [-0.4, -0.2) is 11.1 Å². The molecule has 0 heterocycles. The molecule has 0 spiro atoms. The van der Waals surface area contributed by atoms with Crippen LogP contribution in [0.5, 0.6) is 5.75 Å². The number of benzene rings is 2. The summed E-state index contributed by atoms with van der Waals surface area (Å²) in [6.45, 7) is 2.27. The van der Waals surface area contributed by atoms with Crippen LogP contribution in [0, 0.1) is 6.92 Å². The van der Waals surface area contributed by atoms with E-state index in [4.69, 9.17) is 21.4 Å². The van der Waals surface area contributed by atoms with Crippen LogP contribution >= 0.6 is 27.5 Å². The van der Waals surface area contributed by atoms with Crippen molar-refractivity contribution in [3.05, 3.63) is 62.6 Å². The first-order valence-electron chi connectivity index (χ1n) is 5.88. The van der Waals surface area contributed by atoms with Gasteiger partial charge in [0.05, 0.1) is 10.6 Å². The van der Waals surface area contributed by atoms with Gasteiger partial charge in [-0.15, -0.1) is 0 Å². The zero-order valence-electron chi connectivity index (χ0n) is 10.7. The van der Waals surface area contributed by atoms with E-state index in [2.05, 4.69) is 15.9 Å². The van der Waals surface area contributed by atoms with Gasteiger partial charge in [-0.05, 0) is 36.8 Å². The summed E-state index contributed by atoms with van der Waals surface area (Å²) in [5, 5.41) is 9.46. The molecule has 0 atom stereocenters. The second kappa shape index (κ2) is 6.29. The fourth-order valence-corrected chi connectivity index (χ4v) is 2.34. The van der Waals surface area contributed by atoms with Crippen molar-refractivity contribution in [2.45, 2.75) is 13.5 Å². The first-order valence-corrected chi connectivity index (χ1v) is 7.05. The molecule has 3 nitrogen and oxygen atoms in total. The Kier molecular flexibility index (Phi) is 4.68. The number of hydrogen-bond donors (Lipinski definition) is 1. The molecule has 0 amide bonds. The smallest absolute Gasteiger partial charge is 0.335 e. The van der Waals surface area contributed by atoms with Gasteiger partial charge in [0.25, 0.3) is 0 Å². The Hall–Kier alpha value is -1.52. The van der Waals surface area contributed by atoms with Crippen molar-refractivity contribution in [3.8, 4) is 5.75 Å². The van der Waals surface area contributed by atoms with E-state index < -0.39 is 5.97 Å². The lowest BCUT2D eigenvalue weighted by Gasteiger charge is -2.10. The Bertz CT molecular complexity index is 656. The molecular formula is C15H12BrClO3. The van der Waals surface area contributed by atoms with Crippen molar-refractivity contribution in [1.29, 1.82) is 0 Å². The van der Waals surface area contributed by atoms with Gasteiger partial charge in [-0.3, -0.25) is 0 Å². The van der Waals surface area contributed by atoms with Crippen molar-refractivity contribution in [2.75, 3.05) is 0 Å². The van der Waals surface area contributed by atoms with E-state index in [1.54, 1.807) is 24.3 Å². The van der Waals surface area contributed by atoms with Crippen LogP contribution in [0.3, 0.4) is 0 Å². The van der Waals surface area contributed by atoms with Gasteiger partial charge in [-0.2, -0.15) is 0 Å². The van der Waals surface area contributed by atoms with Crippen molar-refractivity contribution in [2.24, 2.45) is 0 Å². The fourth-order valence-electron chi connectivity index (χ4n) is 1.67. The SMILES string of the molecule is Cc1ccc(Cl)c(OCc2ccc(C(=O)O)cc2Br)c1. The summed E-state index contributed by atoms with van der Waals surface area (Å²) in [5.74, 6) is -0.347. The highest BCUT2D eigenvalue weighted by molar-refractivity contribution is 9.10. The molecule has 0 radical (unpaired) electrons. The molecule has 2 aromatic carbocycles. The Balaban J connectivity index is 2.15. The number of rotatable bonds is 4. The lowest BCUT2D eigenvalue weighted by Crippen LogP contribution is -2.00. The number of halogens is 2. The minimum atomic E-state index is -0.958. The van der Waals surface area contributed by atoms with Crippen LogP contribution in [-0.2, 0) is 6.61 Å². The minimum Gasteiger partial charge on any atom is -0.487 e. The van der Waals surface area contributed by atoms with Gasteiger partial charge in [-0.1, -0.05) is 39.7 Å². The average Bonchev–Trinajstić information content (AvgIpc) is 2.40. The lowest BCUT2D eigenvalue weighted by molar-refractivity contribution is 0.0696. The molecular weight excluding hydrogens is 344 g/mol. The van der Waals surface area contributed by atoms with E-state index in [-0.39, 0.29) is 5.56 Å². The summed E-state index contributed by atoms with van der Waals surface area (Å²) in [7, 11) is 0. The number of aromatic carboxylic acids is 1. The molecule has 20 heavy (non-hydrogen) atoms. The van der Waals surface area contributed by atoms with Crippen molar-refractivity contribution in [3.63, 3.8) is 0 Å². The molecule has 0 saturated heterocycles. The number of aryl methyl sites for hydroxylation is 1. The topological polar surface area (TPSA) is 46.5 Å². The number of carbonyl (C=O) groups is 1. The van der Waals surface area contributed by atoms with Gasteiger partial charge in [0.1, 0.15) is 12.4 Å². The summed E-state index contributed by atoms with van der Waals surface area (Å²) in [4.78, 5) is 10.9. The molecule has 0 bridgehead atoms. The molecule has 104 valence electrons. The maximum Gasteiger partial charge on any atom is 0.335 e. The second-order valence-electron chi connectivity index (χ2n) is 4.33. The molecule has 5 heteroatoms. The van der Waals surface area contributed by atoms with Gasteiger partial charge in [0.2, 0.25) is 0 Å². The molecule has 0 saturated carbocycles. The predicted octanol–water partition coefficient (Wildman–Crippen LogP) is 4.69. The number of ether oxygens (including phenoxy) is 1. The first-order chi connectivity index (χ1) is 9.47. The van der Waals surface area contributed by atoms with E-state index in [9.17, 15) is 4.79 Å². The summed E-state index contributed by atoms with van der Waals surface area (Å²) < 4.78 is 6.37. The van der Waals surface area contributed by atoms with Gasteiger partial charge < -0.3 is 9.84 Å². The van der Waals surface area contributed by atoms with Crippen LogP contribution in [0.15, 0.2) is 40.9 Å². The fraction of sp³-hybridized carbons (Fsp3) is 0.133. The Labute approximate surface area is 130 Å². The monoisotopic (exact) mass is 354 g/mol. The molecule has 0 aliphatic carbocycles. The quantitative estimate of drug-likeness (QED) is 0.865. The Morgan fingerprint density at radius 2 is 2.05 bits per heavy atom. The van der Waals surface area contributed by atoms with Crippen LogP contribution in [0.25, 0.3) is 0 Å². The third-order valence-corrected chi connectivity index (χ3v) is 3.82. The maximum absolute atomic E-state index is 10.9. The molecule has 2 aromatic rings. The second-order valence-corrected chi connectivity index (χ2v) is 5.60. The summed E-state index contributed by atoms with van der Waals surface area (Å²) in [6, 6.07) is 10.4. The van der Waals surface area contributed by atoms with Crippen LogP contribution in [0.1, 0.15) is 21.5 Å². The van der Waals surface area contributed by atoms with Crippen LogP contribution in [0.2, 0.25) is 5.02 Å². The number of carboxylic acids is 1. The molecule has 0 aromatic heterocycles. The maximum atomic E-state index is 10.9. The molecule has 0 aliphatic rings. The normalized spacial score (nSPS) is 10.3. The average molecular weight is 356 g/mol. The zero-order valence-corrected chi connectivity index (χ0v) is 13.0. The third kappa shape index (κ3) is 3.52. The lowest BCUT2D eigenvalue weighted by atomic mass is 10.1. The van der Waals surface area contributed by atoms with Crippen molar-refractivity contribution in [1.82, 2.24) is 0 Å². The first kappa shape index (κ1) is 14.9. The highest BCUT2D eigenvalue weighted by Crippen LogP contribution is 2.27. The molecule has 2 rings (SSSR count). The van der Waals surface area contributed by atoms with Gasteiger partial charge >= 0.3 is 5.97 Å². The molecule has 1 N–H and O–H groups in total. The standard InChI is InChI=1S/C15H12BrClO3/c1-9-2-5-13(17)14(6-9)20-8-11-4-3-10(15(18)19)7-12(11)16/h2-7H,8H2,1H3,(H,18,19). The summed E-state index contributed by atoms with van der Waals surface area (Å²) in [6.07, 6.45) is 0.